The van der Waals surface area contributed by atoms with Crippen molar-refractivity contribution < 1.29 is 8.42 Å². The number of aryl methyl sites for hydroxylation is 1. The quantitative estimate of drug-likeness (QED) is 0.854. The minimum atomic E-state index is -3.45. The third-order valence-corrected chi connectivity index (χ3v) is 7.06. The minimum absolute atomic E-state index is 0. The van der Waals surface area contributed by atoms with Crippen molar-refractivity contribution in [2.75, 3.05) is 13.1 Å². The fraction of sp³-hybridized carbons (Fsp3) is 0.538. The molecule has 0 aromatic heterocycles. The molecule has 1 aliphatic rings. The van der Waals surface area contributed by atoms with Gasteiger partial charge in [-0.1, -0.05) is 12.1 Å². The van der Waals surface area contributed by atoms with Gasteiger partial charge in [-0.05, 0) is 48.3 Å². The Kier molecular flexibility index (Phi) is 6.04. The van der Waals surface area contributed by atoms with E-state index >= 15 is 0 Å². The predicted octanol–water partition coefficient (Wildman–Crippen LogP) is 2.55. The molecule has 114 valence electrons. The Morgan fingerprint density at radius 2 is 2.00 bits per heavy atom. The summed E-state index contributed by atoms with van der Waals surface area (Å²) in [5, 5.41) is 3.29. The van der Waals surface area contributed by atoms with Crippen LogP contribution in [0.4, 0.5) is 0 Å². The van der Waals surface area contributed by atoms with Crippen LogP contribution in [0.15, 0.2) is 27.6 Å². The smallest absolute Gasteiger partial charge is 0.244 e. The SMILES string of the molecule is Cc1cccc(S(=O)(=O)N2CCNC(C)C2C)c1Br.Cl. The molecule has 1 fully saturated rings. The Labute approximate surface area is 135 Å². The molecule has 1 N–H and O–H groups in total. The van der Waals surface area contributed by atoms with E-state index < -0.39 is 10.0 Å². The molecule has 1 aromatic carbocycles. The highest BCUT2D eigenvalue weighted by Gasteiger charge is 2.35. The van der Waals surface area contributed by atoms with Gasteiger partial charge in [0, 0.05) is 29.6 Å². The molecular weight excluding hydrogens is 364 g/mol. The maximum atomic E-state index is 12.8. The van der Waals surface area contributed by atoms with Crippen LogP contribution >= 0.6 is 28.3 Å². The van der Waals surface area contributed by atoms with E-state index in [9.17, 15) is 8.42 Å². The molecule has 20 heavy (non-hydrogen) atoms. The summed E-state index contributed by atoms with van der Waals surface area (Å²) in [5.74, 6) is 0. The number of nitrogens with zero attached hydrogens (tertiary/aromatic N) is 1. The molecule has 7 heteroatoms. The van der Waals surface area contributed by atoms with Crippen LogP contribution in [0, 0.1) is 6.92 Å². The van der Waals surface area contributed by atoms with E-state index in [1.807, 2.05) is 26.8 Å². The Morgan fingerprint density at radius 3 is 2.65 bits per heavy atom. The van der Waals surface area contributed by atoms with Gasteiger partial charge in [-0.25, -0.2) is 8.42 Å². The molecule has 0 spiro atoms. The van der Waals surface area contributed by atoms with E-state index in [1.54, 1.807) is 16.4 Å². The summed E-state index contributed by atoms with van der Waals surface area (Å²) in [7, 11) is -3.45. The average molecular weight is 384 g/mol. The maximum Gasteiger partial charge on any atom is 0.244 e. The van der Waals surface area contributed by atoms with Gasteiger partial charge >= 0.3 is 0 Å². The van der Waals surface area contributed by atoms with Crippen molar-refractivity contribution in [3.63, 3.8) is 0 Å². The van der Waals surface area contributed by atoms with E-state index in [0.29, 0.717) is 22.5 Å². The van der Waals surface area contributed by atoms with E-state index in [2.05, 4.69) is 21.2 Å². The summed E-state index contributed by atoms with van der Waals surface area (Å²) in [4.78, 5) is 0.355. The second-order valence-corrected chi connectivity index (χ2v) is 7.64. The van der Waals surface area contributed by atoms with Gasteiger partial charge in [0.25, 0.3) is 0 Å². The molecule has 0 saturated carbocycles. The van der Waals surface area contributed by atoms with Crippen LogP contribution < -0.4 is 5.32 Å². The molecule has 4 nitrogen and oxygen atoms in total. The number of hydrogen-bond acceptors (Lipinski definition) is 3. The van der Waals surface area contributed by atoms with Gasteiger partial charge < -0.3 is 5.32 Å². The number of hydrogen-bond donors (Lipinski definition) is 1. The van der Waals surface area contributed by atoms with Crippen LogP contribution in [0.25, 0.3) is 0 Å². The van der Waals surface area contributed by atoms with Crippen molar-refractivity contribution in [2.24, 2.45) is 0 Å². The minimum Gasteiger partial charge on any atom is -0.311 e. The van der Waals surface area contributed by atoms with Gasteiger partial charge in [0.05, 0.1) is 4.90 Å². The first-order valence-electron chi connectivity index (χ1n) is 6.36. The van der Waals surface area contributed by atoms with E-state index in [1.165, 1.54) is 0 Å². The molecule has 1 aliphatic heterocycles. The standard InChI is InChI=1S/C13H19BrN2O2S.ClH/c1-9-5-4-6-12(13(9)14)19(17,18)16-8-7-15-10(2)11(16)3;/h4-6,10-11,15H,7-8H2,1-3H3;1H. The van der Waals surface area contributed by atoms with Gasteiger partial charge in [-0.3, -0.25) is 0 Å². The number of halogens is 2. The molecule has 0 aliphatic carbocycles. The van der Waals surface area contributed by atoms with Crippen molar-refractivity contribution in [3.8, 4) is 0 Å². The lowest BCUT2D eigenvalue weighted by atomic mass is 10.1. The fourth-order valence-corrected chi connectivity index (χ4v) is 5.03. The largest absolute Gasteiger partial charge is 0.311 e. The molecule has 1 heterocycles. The molecule has 2 rings (SSSR count). The number of rotatable bonds is 2. The average Bonchev–Trinajstić information content (AvgIpc) is 2.35. The molecule has 0 amide bonds. The zero-order valence-electron chi connectivity index (χ0n) is 11.8. The number of piperazine rings is 1. The highest BCUT2D eigenvalue weighted by atomic mass is 79.9. The van der Waals surface area contributed by atoms with Crippen molar-refractivity contribution in [2.45, 2.75) is 37.8 Å². The van der Waals surface area contributed by atoms with Crippen LogP contribution in [0.1, 0.15) is 19.4 Å². The van der Waals surface area contributed by atoms with E-state index in [0.717, 1.165) is 5.56 Å². The third-order valence-electron chi connectivity index (χ3n) is 3.72. The number of nitrogens with one attached hydrogen (secondary N) is 1. The van der Waals surface area contributed by atoms with Crippen LogP contribution in [0.3, 0.4) is 0 Å². The molecule has 1 aromatic rings. The third kappa shape index (κ3) is 3.20. The molecule has 0 radical (unpaired) electrons. The Morgan fingerprint density at radius 1 is 1.35 bits per heavy atom. The first kappa shape index (κ1) is 17.9. The lowest BCUT2D eigenvalue weighted by Gasteiger charge is -2.37. The summed E-state index contributed by atoms with van der Waals surface area (Å²) >= 11 is 3.40. The van der Waals surface area contributed by atoms with E-state index in [-0.39, 0.29) is 24.5 Å². The molecule has 0 bridgehead atoms. The molecular formula is C13H20BrClN2O2S. The predicted molar refractivity (Wildman–Crippen MR) is 86.9 cm³/mol. The number of sulfonamides is 1. The fourth-order valence-electron chi connectivity index (χ4n) is 2.31. The van der Waals surface area contributed by atoms with Crippen LogP contribution in [-0.2, 0) is 10.0 Å². The summed E-state index contributed by atoms with van der Waals surface area (Å²) in [6.07, 6.45) is 0. The van der Waals surface area contributed by atoms with Crippen LogP contribution in [0.5, 0.6) is 0 Å². The van der Waals surface area contributed by atoms with E-state index in [4.69, 9.17) is 0 Å². The van der Waals surface area contributed by atoms with Crippen LogP contribution in [0.2, 0.25) is 0 Å². The lowest BCUT2D eigenvalue weighted by molar-refractivity contribution is 0.232. The highest BCUT2D eigenvalue weighted by molar-refractivity contribution is 9.10. The zero-order valence-corrected chi connectivity index (χ0v) is 15.0. The normalized spacial score (nSPS) is 24.2. The van der Waals surface area contributed by atoms with Gasteiger partial charge in [-0.15, -0.1) is 12.4 Å². The van der Waals surface area contributed by atoms with Crippen molar-refractivity contribution in [3.05, 3.63) is 28.2 Å². The first-order valence-corrected chi connectivity index (χ1v) is 8.59. The number of benzene rings is 1. The van der Waals surface area contributed by atoms with Crippen molar-refractivity contribution in [1.82, 2.24) is 9.62 Å². The van der Waals surface area contributed by atoms with Gasteiger partial charge in [-0.2, -0.15) is 4.31 Å². The molecule has 2 atom stereocenters. The summed E-state index contributed by atoms with van der Waals surface area (Å²) in [6, 6.07) is 5.44. The molecule has 1 saturated heterocycles. The monoisotopic (exact) mass is 382 g/mol. The second-order valence-electron chi connectivity index (χ2n) is 4.99. The molecule has 2 unspecified atom stereocenters. The highest BCUT2D eigenvalue weighted by Crippen LogP contribution is 2.29. The van der Waals surface area contributed by atoms with Crippen molar-refractivity contribution in [1.29, 1.82) is 0 Å². The first-order chi connectivity index (χ1) is 8.85. The Balaban J connectivity index is 0.00000200. The van der Waals surface area contributed by atoms with Gasteiger partial charge in [0.1, 0.15) is 0 Å². The maximum absolute atomic E-state index is 12.8. The lowest BCUT2D eigenvalue weighted by Crippen LogP contribution is -2.57. The van der Waals surface area contributed by atoms with Gasteiger partial charge in [0.2, 0.25) is 10.0 Å². The van der Waals surface area contributed by atoms with Gasteiger partial charge in [0.15, 0.2) is 0 Å². The second kappa shape index (κ2) is 6.75. The van der Waals surface area contributed by atoms with Crippen LogP contribution in [-0.4, -0.2) is 37.9 Å². The zero-order chi connectivity index (χ0) is 14.2. The van der Waals surface area contributed by atoms with Crippen molar-refractivity contribution >= 4 is 38.4 Å². The summed E-state index contributed by atoms with van der Waals surface area (Å²) in [5.41, 5.74) is 0.928. The topological polar surface area (TPSA) is 49.4 Å². The Hall–Kier alpha value is -0.140. The Bertz CT molecular complexity index is 580. The summed E-state index contributed by atoms with van der Waals surface area (Å²) < 4.78 is 27.8. The summed E-state index contributed by atoms with van der Waals surface area (Å²) in [6.45, 7) is 7.05.